The summed E-state index contributed by atoms with van der Waals surface area (Å²) in [5.41, 5.74) is 0. The molecule has 84 valence electrons. The fourth-order valence-corrected chi connectivity index (χ4v) is 3.14. The Morgan fingerprint density at radius 3 is 2.14 bits per heavy atom. The number of rotatable bonds is 10. The molecule has 0 radical (unpaired) electrons. The van der Waals surface area contributed by atoms with E-state index in [4.69, 9.17) is 8.85 Å². The predicted octanol–water partition coefficient (Wildman–Crippen LogP) is 3.03. The molecule has 0 aliphatic heterocycles. The van der Waals surface area contributed by atoms with E-state index in [-0.39, 0.29) is 0 Å². The van der Waals surface area contributed by atoms with E-state index in [1.54, 1.807) is 0 Å². The van der Waals surface area contributed by atoms with E-state index < -0.39 is 9.28 Å². The van der Waals surface area contributed by atoms with Crippen LogP contribution in [0, 0.1) is 0 Å². The zero-order chi connectivity index (χ0) is 10.6. The van der Waals surface area contributed by atoms with Gasteiger partial charge in [0.1, 0.15) is 0 Å². The van der Waals surface area contributed by atoms with Gasteiger partial charge in [0.2, 0.25) is 0 Å². The van der Waals surface area contributed by atoms with Gasteiger partial charge in [0.15, 0.2) is 0 Å². The van der Waals surface area contributed by atoms with Crippen molar-refractivity contribution in [3.8, 4) is 0 Å². The number of hydrogen-bond donors (Lipinski definition) is 0. The van der Waals surface area contributed by atoms with Gasteiger partial charge < -0.3 is 8.85 Å². The molecule has 0 rings (SSSR count). The van der Waals surface area contributed by atoms with Crippen molar-refractivity contribution in [1.82, 2.24) is 0 Å². The zero-order valence-electron chi connectivity index (χ0n) is 9.63. The predicted molar refractivity (Wildman–Crippen MR) is 63.9 cm³/mol. The van der Waals surface area contributed by atoms with Crippen LogP contribution in [0.25, 0.3) is 0 Å². The van der Waals surface area contributed by atoms with Gasteiger partial charge in [-0.3, -0.25) is 0 Å². The molecule has 0 fully saturated rings. The Labute approximate surface area is 90.2 Å². The largest absolute Gasteiger partial charge is 0.397 e. The Kier molecular flexibility index (Phi) is 10.9. The van der Waals surface area contributed by atoms with Crippen molar-refractivity contribution in [3.63, 3.8) is 0 Å². The molecule has 0 unspecified atom stereocenters. The smallest absolute Gasteiger partial charge is 0.321 e. The maximum atomic E-state index is 5.72. The van der Waals surface area contributed by atoms with E-state index in [0.29, 0.717) is 0 Å². The van der Waals surface area contributed by atoms with Crippen LogP contribution in [0.4, 0.5) is 0 Å². The SMILES string of the molecule is C=CCCC[SiH](OCCC)OCCC. The van der Waals surface area contributed by atoms with Crippen LogP contribution in [0.3, 0.4) is 0 Å². The lowest BCUT2D eigenvalue weighted by molar-refractivity contribution is 0.196. The first-order valence-corrected chi connectivity index (χ1v) is 7.45. The van der Waals surface area contributed by atoms with E-state index in [9.17, 15) is 0 Å². The summed E-state index contributed by atoms with van der Waals surface area (Å²) in [4.78, 5) is 0. The van der Waals surface area contributed by atoms with Crippen LogP contribution in [0.5, 0.6) is 0 Å². The second-order valence-electron chi connectivity index (χ2n) is 3.39. The molecule has 0 saturated heterocycles. The van der Waals surface area contributed by atoms with Crippen LogP contribution in [0.2, 0.25) is 6.04 Å². The number of allylic oxidation sites excluding steroid dienone is 1. The maximum Gasteiger partial charge on any atom is 0.321 e. The Morgan fingerprint density at radius 1 is 1.14 bits per heavy atom. The molecular formula is C11H24O2Si. The standard InChI is InChI=1S/C11H24O2Si/c1-4-7-8-11-14(12-9-5-2)13-10-6-3/h4,14H,1,5-11H2,2-3H3. The topological polar surface area (TPSA) is 18.5 Å². The third-order valence-corrected chi connectivity index (χ3v) is 3.96. The highest BCUT2D eigenvalue weighted by Crippen LogP contribution is 2.05. The highest BCUT2D eigenvalue weighted by molar-refractivity contribution is 6.44. The van der Waals surface area contributed by atoms with Crippen molar-refractivity contribution in [3.05, 3.63) is 12.7 Å². The van der Waals surface area contributed by atoms with Gasteiger partial charge in [0, 0.05) is 13.2 Å². The molecule has 0 aliphatic carbocycles. The first-order valence-electron chi connectivity index (χ1n) is 5.69. The average molecular weight is 216 g/mol. The van der Waals surface area contributed by atoms with Crippen LogP contribution in [0.1, 0.15) is 39.5 Å². The molecule has 0 aromatic rings. The van der Waals surface area contributed by atoms with Gasteiger partial charge in [-0.15, -0.1) is 6.58 Å². The van der Waals surface area contributed by atoms with Crippen molar-refractivity contribution in [2.24, 2.45) is 0 Å². The van der Waals surface area contributed by atoms with E-state index in [1.165, 1.54) is 0 Å². The molecule has 0 N–H and O–H groups in total. The molecule has 0 aliphatic rings. The summed E-state index contributed by atoms with van der Waals surface area (Å²) in [6, 6.07) is 1.12. The van der Waals surface area contributed by atoms with Crippen molar-refractivity contribution in [1.29, 1.82) is 0 Å². The Hall–Kier alpha value is -0.123. The summed E-state index contributed by atoms with van der Waals surface area (Å²) in [6.45, 7) is 9.70. The van der Waals surface area contributed by atoms with Crippen molar-refractivity contribution in [2.75, 3.05) is 13.2 Å². The molecule has 2 nitrogen and oxygen atoms in total. The maximum absolute atomic E-state index is 5.72. The lowest BCUT2D eigenvalue weighted by Gasteiger charge is -2.15. The van der Waals surface area contributed by atoms with Gasteiger partial charge >= 0.3 is 9.28 Å². The summed E-state index contributed by atoms with van der Waals surface area (Å²) < 4.78 is 11.4. The molecule has 0 bridgehead atoms. The second-order valence-corrected chi connectivity index (χ2v) is 5.49. The lowest BCUT2D eigenvalue weighted by Crippen LogP contribution is -2.23. The minimum absolute atomic E-state index is 0.856. The van der Waals surface area contributed by atoms with Gasteiger partial charge in [0.25, 0.3) is 0 Å². The monoisotopic (exact) mass is 216 g/mol. The van der Waals surface area contributed by atoms with Crippen LogP contribution in [-0.2, 0) is 8.85 Å². The zero-order valence-corrected chi connectivity index (χ0v) is 10.8. The molecule has 0 heterocycles. The van der Waals surface area contributed by atoms with E-state index in [0.717, 1.165) is 44.9 Å². The van der Waals surface area contributed by atoms with Crippen molar-refractivity contribution in [2.45, 2.75) is 45.6 Å². The van der Waals surface area contributed by atoms with Crippen LogP contribution in [-0.4, -0.2) is 22.5 Å². The third kappa shape index (κ3) is 8.47. The van der Waals surface area contributed by atoms with Crippen LogP contribution < -0.4 is 0 Å². The molecule has 14 heavy (non-hydrogen) atoms. The van der Waals surface area contributed by atoms with Gasteiger partial charge in [-0.2, -0.15) is 0 Å². The Balaban J connectivity index is 3.54. The third-order valence-electron chi connectivity index (χ3n) is 1.86. The van der Waals surface area contributed by atoms with E-state index in [1.807, 2.05) is 6.08 Å². The molecule has 0 amide bonds. The van der Waals surface area contributed by atoms with E-state index in [2.05, 4.69) is 20.4 Å². The average Bonchev–Trinajstić information content (AvgIpc) is 2.21. The molecule has 0 aromatic carbocycles. The summed E-state index contributed by atoms with van der Waals surface area (Å²) in [6.07, 6.45) is 6.37. The molecule has 3 heteroatoms. The first kappa shape index (κ1) is 13.9. The second kappa shape index (κ2) is 11.0. The summed E-state index contributed by atoms with van der Waals surface area (Å²) >= 11 is 0. The minimum Gasteiger partial charge on any atom is -0.397 e. The fourth-order valence-electron chi connectivity index (χ4n) is 1.14. The summed E-state index contributed by atoms with van der Waals surface area (Å²) in [5, 5.41) is 0. The highest BCUT2D eigenvalue weighted by Gasteiger charge is 2.11. The molecular weight excluding hydrogens is 192 g/mol. The Bertz CT molecular complexity index is 120. The molecule has 0 atom stereocenters. The first-order chi connectivity index (χ1) is 6.85. The molecule has 0 saturated carbocycles. The van der Waals surface area contributed by atoms with E-state index >= 15 is 0 Å². The van der Waals surface area contributed by atoms with Gasteiger partial charge in [-0.1, -0.05) is 19.9 Å². The van der Waals surface area contributed by atoms with Crippen molar-refractivity contribution >= 4 is 9.28 Å². The number of hydrogen-bond acceptors (Lipinski definition) is 2. The van der Waals surface area contributed by atoms with Crippen LogP contribution >= 0.6 is 0 Å². The Morgan fingerprint density at radius 2 is 1.71 bits per heavy atom. The minimum atomic E-state index is -1.35. The highest BCUT2D eigenvalue weighted by atomic mass is 28.3. The van der Waals surface area contributed by atoms with Gasteiger partial charge in [0.05, 0.1) is 0 Å². The molecule has 0 aromatic heterocycles. The lowest BCUT2D eigenvalue weighted by atomic mass is 10.3. The van der Waals surface area contributed by atoms with Crippen molar-refractivity contribution < 1.29 is 8.85 Å². The van der Waals surface area contributed by atoms with Gasteiger partial charge in [-0.25, -0.2) is 0 Å². The van der Waals surface area contributed by atoms with Crippen LogP contribution in [0.15, 0.2) is 12.7 Å². The summed E-state index contributed by atoms with van der Waals surface area (Å²) in [5.74, 6) is 0. The quantitative estimate of drug-likeness (QED) is 0.317. The number of unbranched alkanes of at least 4 members (excludes halogenated alkanes) is 1. The fraction of sp³-hybridized carbons (Fsp3) is 0.818. The molecule has 0 spiro atoms. The summed E-state index contributed by atoms with van der Waals surface area (Å²) in [7, 11) is -1.35. The normalized spacial score (nSPS) is 10.8. The van der Waals surface area contributed by atoms with Gasteiger partial charge in [-0.05, 0) is 31.7 Å².